The molecule has 0 radical (unpaired) electrons. The molecule has 0 amide bonds. The zero-order valence-corrected chi connectivity index (χ0v) is 20.5. The van der Waals surface area contributed by atoms with Crippen LogP contribution < -0.4 is 0 Å². The Morgan fingerprint density at radius 2 is 1.45 bits per heavy atom. The van der Waals surface area contributed by atoms with Gasteiger partial charge in [0.15, 0.2) is 0 Å². The molecule has 3 saturated carbocycles. The maximum Gasteiger partial charge on any atom is -0.0264 e. The Morgan fingerprint density at radius 3 is 2.10 bits per heavy atom. The van der Waals surface area contributed by atoms with Crippen molar-refractivity contribution in [2.45, 2.75) is 133 Å². The minimum absolute atomic E-state index is 0. The van der Waals surface area contributed by atoms with Crippen molar-refractivity contribution in [3.63, 3.8) is 0 Å². The molecule has 3 aliphatic rings. The molecule has 7 unspecified atom stereocenters. The van der Waals surface area contributed by atoms with E-state index in [0.717, 1.165) is 41.4 Å². The van der Waals surface area contributed by atoms with Crippen molar-refractivity contribution in [2.75, 3.05) is 0 Å². The highest BCUT2D eigenvalue weighted by atomic mass is 14.6. The molecule has 0 heterocycles. The van der Waals surface area contributed by atoms with Crippen LogP contribution in [0.25, 0.3) is 0 Å². The highest BCUT2D eigenvalue weighted by molar-refractivity contribution is 5.07. The van der Waals surface area contributed by atoms with Gasteiger partial charge in [-0.3, -0.25) is 0 Å². The zero-order valence-electron chi connectivity index (χ0n) is 20.5. The minimum atomic E-state index is 0. The first kappa shape index (κ1) is 25.3. The molecule has 0 nitrogen and oxygen atoms in total. The molecular formula is C29H56. The van der Waals surface area contributed by atoms with Crippen molar-refractivity contribution in [1.82, 2.24) is 0 Å². The van der Waals surface area contributed by atoms with E-state index in [-0.39, 0.29) is 7.43 Å². The monoisotopic (exact) mass is 404 g/mol. The molecule has 3 rings (SSSR count). The van der Waals surface area contributed by atoms with Crippen molar-refractivity contribution in [1.29, 1.82) is 0 Å². The summed E-state index contributed by atoms with van der Waals surface area (Å²) in [4.78, 5) is 0. The van der Waals surface area contributed by atoms with Gasteiger partial charge in [-0.1, -0.05) is 88.0 Å². The first-order valence-corrected chi connectivity index (χ1v) is 13.2. The second kappa shape index (κ2) is 10.1. The van der Waals surface area contributed by atoms with Crippen molar-refractivity contribution in [3.05, 3.63) is 0 Å². The molecule has 0 bridgehead atoms. The van der Waals surface area contributed by atoms with Gasteiger partial charge in [-0.05, 0) is 97.2 Å². The van der Waals surface area contributed by atoms with E-state index < -0.39 is 0 Å². The van der Waals surface area contributed by atoms with Crippen LogP contribution in [0.3, 0.4) is 0 Å². The molecule has 0 aromatic carbocycles. The summed E-state index contributed by atoms with van der Waals surface area (Å²) in [5, 5.41) is 0. The molecule has 0 N–H and O–H groups in total. The Balaban J connectivity index is 0.00000300. The van der Waals surface area contributed by atoms with Gasteiger partial charge >= 0.3 is 0 Å². The van der Waals surface area contributed by atoms with Gasteiger partial charge in [0.1, 0.15) is 0 Å². The van der Waals surface area contributed by atoms with Gasteiger partial charge in [-0.25, -0.2) is 0 Å². The molecule has 0 saturated heterocycles. The summed E-state index contributed by atoms with van der Waals surface area (Å²) < 4.78 is 0. The molecule has 7 atom stereocenters. The van der Waals surface area contributed by atoms with Gasteiger partial charge in [0, 0.05) is 0 Å². The van der Waals surface area contributed by atoms with E-state index >= 15 is 0 Å². The summed E-state index contributed by atoms with van der Waals surface area (Å²) in [6, 6.07) is 0. The van der Waals surface area contributed by atoms with Gasteiger partial charge in [-0.2, -0.15) is 0 Å². The first-order chi connectivity index (χ1) is 13.2. The van der Waals surface area contributed by atoms with Gasteiger partial charge in [0.2, 0.25) is 0 Å². The maximum absolute atomic E-state index is 2.74. The number of fused-ring (bicyclic) bond motifs is 3. The second-order valence-electron chi connectivity index (χ2n) is 12.9. The van der Waals surface area contributed by atoms with E-state index in [9.17, 15) is 0 Å². The molecule has 0 heteroatoms. The van der Waals surface area contributed by atoms with Crippen LogP contribution in [-0.4, -0.2) is 0 Å². The molecule has 0 spiro atoms. The smallest absolute Gasteiger partial charge is 0.0264 e. The highest BCUT2D eigenvalue weighted by Gasteiger charge is 2.57. The lowest BCUT2D eigenvalue weighted by molar-refractivity contribution is -0.0787. The van der Waals surface area contributed by atoms with Crippen LogP contribution >= 0.6 is 0 Å². The van der Waals surface area contributed by atoms with Crippen LogP contribution in [0.4, 0.5) is 0 Å². The van der Waals surface area contributed by atoms with Crippen molar-refractivity contribution >= 4 is 0 Å². The lowest BCUT2D eigenvalue weighted by Gasteiger charge is -2.57. The van der Waals surface area contributed by atoms with Gasteiger partial charge in [0.05, 0.1) is 0 Å². The molecule has 0 aliphatic heterocycles. The number of hydrogen-bond acceptors (Lipinski definition) is 0. The van der Waals surface area contributed by atoms with Crippen molar-refractivity contribution in [2.24, 2.45) is 52.3 Å². The third-order valence-corrected chi connectivity index (χ3v) is 10.1. The molecule has 29 heavy (non-hydrogen) atoms. The average molecular weight is 405 g/mol. The Kier molecular flexibility index (Phi) is 8.78. The van der Waals surface area contributed by atoms with Gasteiger partial charge < -0.3 is 0 Å². The zero-order chi connectivity index (χ0) is 20.5. The van der Waals surface area contributed by atoms with Gasteiger partial charge in [-0.15, -0.1) is 0 Å². The van der Waals surface area contributed by atoms with E-state index in [2.05, 4.69) is 48.5 Å². The van der Waals surface area contributed by atoms with Crippen LogP contribution in [0.5, 0.6) is 0 Å². The molecule has 0 aromatic rings. The van der Waals surface area contributed by atoms with Crippen LogP contribution in [0.2, 0.25) is 0 Å². The van der Waals surface area contributed by atoms with E-state index in [1.54, 1.807) is 19.3 Å². The fourth-order valence-corrected chi connectivity index (χ4v) is 8.44. The van der Waals surface area contributed by atoms with Crippen LogP contribution in [0.15, 0.2) is 0 Å². The number of rotatable bonds is 8. The average Bonchev–Trinajstić information content (AvgIpc) is 2.97. The van der Waals surface area contributed by atoms with Crippen LogP contribution in [-0.2, 0) is 0 Å². The maximum atomic E-state index is 2.74. The van der Waals surface area contributed by atoms with Gasteiger partial charge in [0.25, 0.3) is 0 Å². The molecule has 172 valence electrons. The highest BCUT2D eigenvalue weighted by Crippen LogP contribution is 2.66. The SMILES string of the molecule is C.CC(C)CCCC(C)C1CCC2C3CCCC(C)(CCC(C)C)C3CCC12C. The molecule has 3 fully saturated rings. The number of hydrogen-bond donors (Lipinski definition) is 0. The standard InChI is InChI=1S/C28H52.CH4/c1-20(2)10-8-11-22(5)24-13-14-26-23-12-9-17-27(6,18-15-21(3)4)25(23)16-19-28(24,26)7;/h20-26H,8-19H2,1-7H3;1H4. The van der Waals surface area contributed by atoms with E-state index in [0.29, 0.717) is 10.8 Å². The largest absolute Gasteiger partial charge is 0.0776 e. The first-order valence-electron chi connectivity index (χ1n) is 13.2. The van der Waals surface area contributed by atoms with Crippen LogP contribution in [0.1, 0.15) is 133 Å². The summed E-state index contributed by atoms with van der Waals surface area (Å²) in [6.45, 7) is 17.7. The Bertz CT molecular complexity index is 490. The minimum Gasteiger partial charge on any atom is -0.0776 e. The lowest BCUT2D eigenvalue weighted by atomic mass is 9.48. The topological polar surface area (TPSA) is 0 Å². The lowest BCUT2D eigenvalue weighted by Crippen LogP contribution is -2.49. The third kappa shape index (κ3) is 5.26. The summed E-state index contributed by atoms with van der Waals surface area (Å²) in [6.07, 6.45) is 18.0. The van der Waals surface area contributed by atoms with Crippen molar-refractivity contribution in [3.8, 4) is 0 Å². The Labute approximate surface area is 185 Å². The predicted molar refractivity (Wildman–Crippen MR) is 131 cm³/mol. The second-order valence-corrected chi connectivity index (χ2v) is 12.9. The summed E-state index contributed by atoms with van der Waals surface area (Å²) in [7, 11) is 0. The van der Waals surface area contributed by atoms with E-state index in [1.165, 1.54) is 57.8 Å². The Morgan fingerprint density at radius 1 is 0.759 bits per heavy atom. The summed E-state index contributed by atoms with van der Waals surface area (Å²) >= 11 is 0. The normalized spacial score (nSPS) is 40.4. The summed E-state index contributed by atoms with van der Waals surface area (Å²) in [5.74, 6) is 6.83. The molecule has 3 aliphatic carbocycles. The summed E-state index contributed by atoms with van der Waals surface area (Å²) in [5.41, 5.74) is 1.31. The molecule has 0 aromatic heterocycles. The fraction of sp³-hybridized carbons (Fsp3) is 1.00. The van der Waals surface area contributed by atoms with Crippen LogP contribution in [0, 0.1) is 52.3 Å². The van der Waals surface area contributed by atoms with E-state index in [1.807, 2.05) is 0 Å². The third-order valence-electron chi connectivity index (χ3n) is 10.1. The molecular weight excluding hydrogens is 348 g/mol. The quantitative estimate of drug-likeness (QED) is 0.377. The Hall–Kier alpha value is 0. The van der Waals surface area contributed by atoms with Crippen molar-refractivity contribution < 1.29 is 0 Å². The van der Waals surface area contributed by atoms with E-state index in [4.69, 9.17) is 0 Å². The predicted octanol–water partition coefficient (Wildman–Crippen LogP) is 9.77. The fourth-order valence-electron chi connectivity index (χ4n) is 8.44.